The van der Waals surface area contributed by atoms with E-state index in [9.17, 15) is 38.8 Å². The molecule has 16 nitrogen and oxygen atoms in total. The summed E-state index contributed by atoms with van der Waals surface area (Å²) in [5, 5.41) is 28.2. The van der Waals surface area contributed by atoms with Gasteiger partial charge in [-0.3, -0.25) is 43.8 Å². The minimum Gasteiger partial charge on any atom is -0.495 e. The van der Waals surface area contributed by atoms with E-state index in [0.717, 1.165) is 17.0 Å². The third-order valence-electron chi connectivity index (χ3n) is 12.8. The summed E-state index contributed by atoms with van der Waals surface area (Å²) in [4.78, 5) is 92.7. The molecule has 20 heteroatoms. The standard InChI is InChI=1S/C51H52Cl2F2N8O8/c1-50(2,3)24-39-51(26-56,32-17-15-29(53)23-34(32)55)43(30-16-14-28(52)22-33(30)54)44(61-39)47(68)60-35-18-13-27(21-38(35)71-4)45(66)58-20-6-5-19-57-25-41(65)59-36-10-7-9-31-42(36)49(70)63(48(31)69)37-11-8-12-40(64)62-46(37)67/h7,9-10,13-18,21-23,37,39,43-44,57,61H,5-6,8,11-12,19-20,24-25H2,1-4H3,(H,58,66)(H,59,65)(H,60,68)(H,62,64,67)/t37-,39-,43-,44+,51-/m0/s1. The Bertz CT molecular complexity index is 2850. The predicted octanol–water partition coefficient (Wildman–Crippen LogP) is 6.77. The summed E-state index contributed by atoms with van der Waals surface area (Å²) in [5.74, 6) is -6.97. The van der Waals surface area contributed by atoms with Gasteiger partial charge in [-0.1, -0.05) is 62.2 Å². The van der Waals surface area contributed by atoms with Crippen LogP contribution in [-0.4, -0.2) is 91.1 Å². The SMILES string of the molecule is COc1cc(C(=O)NCCCCNCC(=O)Nc2cccc3c2C(=O)N([C@H]2CCCC(=O)NC2=O)C3=O)ccc1NC(=O)[C@@H]1N[C@@H](CC(C)(C)C)[C@](C#N)(c2ccc(Cl)cc2F)[C@H]1c1ccc(Cl)cc1F. The number of unbranched alkanes of at least 4 members (excludes halogenated alkanes) is 1. The third-order valence-corrected chi connectivity index (χ3v) is 13.2. The molecule has 3 heterocycles. The van der Waals surface area contributed by atoms with Crippen molar-refractivity contribution in [2.45, 2.75) is 88.8 Å². The number of nitriles is 1. The van der Waals surface area contributed by atoms with E-state index in [2.05, 4.69) is 38.0 Å². The second-order valence-electron chi connectivity index (χ2n) is 18.8. The van der Waals surface area contributed by atoms with Gasteiger partial charge in [-0.05, 0) is 104 Å². The van der Waals surface area contributed by atoms with E-state index in [1.807, 2.05) is 20.8 Å². The summed E-state index contributed by atoms with van der Waals surface area (Å²) in [6.07, 6.45) is 1.89. The molecule has 4 aromatic rings. The van der Waals surface area contributed by atoms with E-state index in [4.69, 9.17) is 27.9 Å². The lowest BCUT2D eigenvalue weighted by molar-refractivity contribution is -0.131. The molecule has 4 aromatic carbocycles. The molecule has 2 saturated heterocycles. The zero-order chi connectivity index (χ0) is 51.4. The first-order valence-electron chi connectivity index (χ1n) is 23.0. The summed E-state index contributed by atoms with van der Waals surface area (Å²) < 4.78 is 37.7. The highest BCUT2D eigenvalue weighted by Crippen LogP contribution is 2.53. The van der Waals surface area contributed by atoms with Crippen molar-refractivity contribution in [2.75, 3.05) is 37.4 Å². The number of nitrogens with one attached hydrogen (secondary N) is 6. The normalized spacial score (nSPS) is 21.0. The first-order valence-corrected chi connectivity index (χ1v) is 23.7. The van der Waals surface area contributed by atoms with Crippen molar-refractivity contribution in [3.05, 3.63) is 122 Å². The van der Waals surface area contributed by atoms with Crippen LogP contribution in [0.2, 0.25) is 10.0 Å². The molecule has 3 aliphatic heterocycles. The topological polar surface area (TPSA) is 228 Å². The van der Waals surface area contributed by atoms with Gasteiger partial charge in [-0.2, -0.15) is 5.26 Å². The maximum atomic E-state index is 16.1. The molecule has 3 aliphatic rings. The minimum absolute atomic E-state index is 0.0306. The first-order chi connectivity index (χ1) is 33.8. The van der Waals surface area contributed by atoms with E-state index in [1.165, 1.54) is 67.8 Å². The highest BCUT2D eigenvalue weighted by molar-refractivity contribution is 6.31. The Morgan fingerprint density at radius 3 is 2.31 bits per heavy atom. The van der Waals surface area contributed by atoms with Gasteiger partial charge in [0.05, 0.1) is 48.3 Å². The van der Waals surface area contributed by atoms with E-state index in [1.54, 1.807) is 0 Å². The number of fused-ring (bicyclic) bond motifs is 1. The second kappa shape index (κ2) is 21.7. The second-order valence-corrected chi connectivity index (χ2v) is 19.7. The Hall–Kier alpha value is -6.78. The molecule has 0 saturated carbocycles. The maximum Gasteiger partial charge on any atom is 0.264 e. The number of carbonyl (C=O) groups is 7. The van der Waals surface area contributed by atoms with Crippen molar-refractivity contribution < 1.29 is 47.1 Å². The largest absolute Gasteiger partial charge is 0.495 e. The fourth-order valence-electron chi connectivity index (χ4n) is 9.58. The first kappa shape index (κ1) is 52.1. The van der Waals surface area contributed by atoms with Crippen LogP contribution in [-0.2, 0) is 24.6 Å². The number of halogens is 4. The number of benzene rings is 4. The molecular weight excluding hydrogens is 962 g/mol. The number of nitrogens with zero attached hydrogens (tertiary/aromatic N) is 2. The predicted molar refractivity (Wildman–Crippen MR) is 260 cm³/mol. The zero-order valence-electron chi connectivity index (χ0n) is 39.3. The molecule has 0 bridgehead atoms. The Morgan fingerprint density at radius 1 is 0.901 bits per heavy atom. The highest BCUT2D eigenvalue weighted by Gasteiger charge is 2.61. The van der Waals surface area contributed by atoms with Crippen molar-refractivity contribution in [1.29, 1.82) is 5.26 Å². The summed E-state index contributed by atoms with van der Waals surface area (Å²) in [7, 11) is 1.36. The lowest BCUT2D eigenvalue weighted by atomic mass is 9.62. The van der Waals surface area contributed by atoms with Crippen LogP contribution in [0, 0.1) is 28.4 Å². The molecule has 6 N–H and O–H groups in total. The molecule has 2 fully saturated rings. The van der Waals surface area contributed by atoms with E-state index >= 15 is 8.78 Å². The van der Waals surface area contributed by atoms with Gasteiger partial charge >= 0.3 is 0 Å². The van der Waals surface area contributed by atoms with E-state index in [0.29, 0.717) is 25.8 Å². The Morgan fingerprint density at radius 2 is 1.62 bits per heavy atom. The molecule has 71 heavy (non-hydrogen) atoms. The number of carbonyl (C=O) groups excluding carboxylic acids is 7. The number of amides is 7. The van der Waals surface area contributed by atoms with E-state index in [-0.39, 0.29) is 87.3 Å². The molecule has 7 rings (SSSR count). The van der Waals surface area contributed by atoms with Gasteiger partial charge in [0, 0.05) is 46.1 Å². The highest BCUT2D eigenvalue weighted by atomic mass is 35.5. The van der Waals surface area contributed by atoms with Gasteiger partial charge in [0.1, 0.15) is 28.8 Å². The van der Waals surface area contributed by atoms with Crippen LogP contribution >= 0.6 is 23.2 Å². The Kier molecular flexibility index (Phi) is 15.9. The fourth-order valence-corrected chi connectivity index (χ4v) is 9.90. The Balaban J connectivity index is 0.950. The van der Waals surface area contributed by atoms with Crippen LogP contribution < -0.4 is 36.6 Å². The molecule has 0 unspecified atom stereocenters. The number of imide groups is 2. The van der Waals surface area contributed by atoms with Crippen LogP contribution in [0.15, 0.2) is 72.8 Å². The van der Waals surface area contributed by atoms with E-state index < -0.39 is 87.9 Å². The van der Waals surface area contributed by atoms with Gasteiger partial charge in [-0.15, -0.1) is 0 Å². The smallest absolute Gasteiger partial charge is 0.264 e. The monoisotopic (exact) mass is 1010 g/mol. The number of hydrogen-bond donors (Lipinski definition) is 6. The number of rotatable bonds is 16. The van der Waals surface area contributed by atoms with Gasteiger partial charge in [0.25, 0.3) is 17.7 Å². The van der Waals surface area contributed by atoms with Gasteiger partial charge in [-0.25, -0.2) is 8.78 Å². The molecule has 0 spiro atoms. The van der Waals surface area contributed by atoms with Crippen LogP contribution in [0.4, 0.5) is 20.2 Å². The molecule has 7 amide bonds. The quantitative estimate of drug-likeness (QED) is 0.0507. The molecule has 0 aliphatic carbocycles. The number of anilines is 2. The molecular formula is C51H52Cl2F2N8O8. The maximum absolute atomic E-state index is 16.1. The van der Waals surface area contributed by atoms with Gasteiger partial charge in [0.2, 0.25) is 23.6 Å². The number of methoxy groups -OCH3 is 1. The lowest BCUT2D eigenvalue weighted by Gasteiger charge is -2.37. The number of ether oxygens (including phenoxy) is 1. The molecule has 0 radical (unpaired) electrons. The fraction of sp³-hybridized carbons (Fsp3) is 0.373. The van der Waals surface area contributed by atoms with Crippen LogP contribution in [0.1, 0.15) is 107 Å². The van der Waals surface area contributed by atoms with Gasteiger partial charge in [0.15, 0.2) is 0 Å². The molecule has 0 aromatic heterocycles. The van der Waals surface area contributed by atoms with Gasteiger partial charge < -0.3 is 31.3 Å². The average Bonchev–Trinajstić information content (AvgIpc) is 3.69. The third kappa shape index (κ3) is 11.1. The molecule has 372 valence electrons. The van der Waals surface area contributed by atoms with Crippen molar-refractivity contribution in [3.63, 3.8) is 0 Å². The van der Waals surface area contributed by atoms with Crippen molar-refractivity contribution in [3.8, 4) is 11.8 Å². The summed E-state index contributed by atoms with van der Waals surface area (Å²) in [6.45, 7) is 6.33. The van der Waals surface area contributed by atoms with Crippen LogP contribution in [0.25, 0.3) is 0 Å². The van der Waals surface area contributed by atoms with Crippen molar-refractivity contribution in [1.82, 2.24) is 26.2 Å². The van der Waals surface area contributed by atoms with Crippen molar-refractivity contribution >= 4 is 75.9 Å². The van der Waals surface area contributed by atoms with Crippen LogP contribution in [0.5, 0.6) is 5.75 Å². The minimum atomic E-state index is -1.82. The van der Waals surface area contributed by atoms with Crippen molar-refractivity contribution in [2.24, 2.45) is 5.41 Å². The summed E-state index contributed by atoms with van der Waals surface area (Å²) in [5.41, 5.74) is -1.86. The van der Waals surface area contributed by atoms with Crippen LogP contribution in [0.3, 0.4) is 0 Å². The zero-order valence-corrected chi connectivity index (χ0v) is 40.8. The summed E-state index contributed by atoms with van der Waals surface area (Å²) >= 11 is 12.3. The Labute approximate surface area is 418 Å². The summed E-state index contributed by atoms with van der Waals surface area (Å²) in [6, 6.07) is 15.7. The average molecular weight is 1010 g/mol. The lowest BCUT2D eigenvalue weighted by Crippen LogP contribution is -2.49. The number of hydrogen-bond acceptors (Lipinski definition) is 11. The molecule has 5 atom stereocenters.